The van der Waals surface area contributed by atoms with Crippen LogP contribution in [-0.2, 0) is 11.3 Å². The number of rotatable bonds is 3. The van der Waals surface area contributed by atoms with Gasteiger partial charge in [-0.1, -0.05) is 12.1 Å². The summed E-state index contributed by atoms with van der Waals surface area (Å²) in [6.07, 6.45) is 0. The Kier molecular flexibility index (Phi) is 4.14. The van der Waals surface area contributed by atoms with Crippen molar-refractivity contribution in [1.29, 1.82) is 5.26 Å². The predicted molar refractivity (Wildman–Crippen MR) is 71.0 cm³/mol. The first kappa shape index (κ1) is 14.5. The molecule has 21 heavy (non-hydrogen) atoms. The van der Waals surface area contributed by atoms with Crippen LogP contribution in [0.15, 0.2) is 36.4 Å². The van der Waals surface area contributed by atoms with Gasteiger partial charge in [-0.2, -0.15) is 5.26 Å². The molecule has 0 atom stereocenters. The second kappa shape index (κ2) is 6.01. The number of nitriles is 1. The molecule has 0 spiro atoms. The Bertz CT molecular complexity index is 719. The topological polar surface area (TPSA) is 76.1 Å². The molecule has 0 unspecified atom stereocenters. The zero-order valence-corrected chi connectivity index (χ0v) is 10.8. The standard InChI is InChI=1S/C15H10F2N2O2/c16-12-4-11(5-13(19)6-12)15(20)21-8-10-3-1-2-9(7-18)14(10)17/h1-6H,8,19H2. The van der Waals surface area contributed by atoms with E-state index in [1.807, 2.05) is 0 Å². The van der Waals surface area contributed by atoms with E-state index in [0.29, 0.717) is 0 Å². The van der Waals surface area contributed by atoms with Gasteiger partial charge in [-0.05, 0) is 24.3 Å². The molecule has 0 amide bonds. The number of nitrogens with zero attached hydrogens (tertiary/aromatic N) is 1. The second-order valence-electron chi connectivity index (χ2n) is 4.24. The van der Waals surface area contributed by atoms with Crippen LogP contribution in [0.1, 0.15) is 21.5 Å². The van der Waals surface area contributed by atoms with Crippen LogP contribution in [0.2, 0.25) is 0 Å². The third kappa shape index (κ3) is 3.34. The molecule has 4 nitrogen and oxygen atoms in total. The van der Waals surface area contributed by atoms with Gasteiger partial charge in [0.05, 0.1) is 11.1 Å². The number of nitrogen functional groups attached to an aromatic ring is 1. The van der Waals surface area contributed by atoms with Gasteiger partial charge in [0.25, 0.3) is 0 Å². The largest absolute Gasteiger partial charge is 0.457 e. The molecule has 0 heterocycles. The normalized spacial score (nSPS) is 9.95. The third-order valence-corrected chi connectivity index (χ3v) is 2.71. The summed E-state index contributed by atoms with van der Waals surface area (Å²) in [7, 11) is 0. The van der Waals surface area contributed by atoms with Crippen LogP contribution in [0.3, 0.4) is 0 Å². The molecule has 0 fully saturated rings. The summed E-state index contributed by atoms with van der Waals surface area (Å²) in [5, 5.41) is 8.71. The minimum absolute atomic E-state index is 0.0618. The molecule has 2 aromatic carbocycles. The zero-order valence-electron chi connectivity index (χ0n) is 10.8. The highest BCUT2D eigenvalue weighted by Gasteiger charge is 2.13. The molecule has 0 aromatic heterocycles. The molecular weight excluding hydrogens is 278 g/mol. The van der Waals surface area contributed by atoms with Crippen LogP contribution < -0.4 is 5.73 Å². The van der Waals surface area contributed by atoms with Gasteiger partial charge in [-0.25, -0.2) is 13.6 Å². The Labute approximate surface area is 119 Å². The summed E-state index contributed by atoms with van der Waals surface area (Å²) in [6, 6.07) is 9.16. The van der Waals surface area contributed by atoms with Crippen molar-refractivity contribution in [2.45, 2.75) is 6.61 Å². The van der Waals surface area contributed by atoms with Gasteiger partial charge in [-0.3, -0.25) is 0 Å². The summed E-state index contributed by atoms with van der Waals surface area (Å²) >= 11 is 0. The maximum atomic E-state index is 13.8. The van der Waals surface area contributed by atoms with Gasteiger partial charge in [0.15, 0.2) is 0 Å². The van der Waals surface area contributed by atoms with Crippen molar-refractivity contribution in [2.24, 2.45) is 0 Å². The molecule has 0 aliphatic heterocycles. The summed E-state index contributed by atoms with van der Waals surface area (Å²) in [5.41, 5.74) is 5.36. The van der Waals surface area contributed by atoms with E-state index in [2.05, 4.69) is 0 Å². The van der Waals surface area contributed by atoms with Gasteiger partial charge >= 0.3 is 5.97 Å². The van der Waals surface area contributed by atoms with E-state index < -0.39 is 17.6 Å². The second-order valence-corrected chi connectivity index (χ2v) is 4.24. The van der Waals surface area contributed by atoms with E-state index in [0.717, 1.165) is 12.1 Å². The quantitative estimate of drug-likeness (QED) is 0.696. The first-order valence-corrected chi connectivity index (χ1v) is 5.92. The van der Waals surface area contributed by atoms with Crippen LogP contribution in [0.25, 0.3) is 0 Å². The lowest BCUT2D eigenvalue weighted by atomic mass is 10.1. The van der Waals surface area contributed by atoms with Crippen LogP contribution in [0, 0.1) is 23.0 Å². The lowest BCUT2D eigenvalue weighted by Gasteiger charge is -2.07. The summed E-state index contributed by atoms with van der Waals surface area (Å²) in [6.45, 7) is -0.364. The fourth-order valence-corrected chi connectivity index (χ4v) is 1.73. The van der Waals surface area contributed by atoms with E-state index in [-0.39, 0.29) is 29.0 Å². The Morgan fingerprint density at radius 3 is 2.71 bits per heavy atom. The monoisotopic (exact) mass is 288 g/mol. The summed E-state index contributed by atoms with van der Waals surface area (Å²) in [4.78, 5) is 11.8. The highest BCUT2D eigenvalue weighted by atomic mass is 19.1. The minimum atomic E-state index is -0.831. The van der Waals surface area contributed by atoms with Gasteiger partial charge in [0.1, 0.15) is 24.3 Å². The average molecular weight is 288 g/mol. The highest BCUT2D eigenvalue weighted by molar-refractivity contribution is 5.90. The number of carbonyl (C=O) groups is 1. The van der Waals surface area contributed by atoms with E-state index in [1.54, 1.807) is 6.07 Å². The summed E-state index contributed by atoms with van der Waals surface area (Å²) < 4.78 is 31.8. The molecule has 6 heteroatoms. The highest BCUT2D eigenvalue weighted by Crippen LogP contribution is 2.16. The number of halogens is 2. The zero-order chi connectivity index (χ0) is 15.4. The van der Waals surface area contributed by atoms with Crippen molar-refractivity contribution < 1.29 is 18.3 Å². The van der Waals surface area contributed by atoms with Crippen LogP contribution in [0.4, 0.5) is 14.5 Å². The first-order chi connectivity index (χ1) is 10.0. The van der Waals surface area contributed by atoms with Crippen molar-refractivity contribution in [3.63, 3.8) is 0 Å². The Morgan fingerprint density at radius 1 is 1.29 bits per heavy atom. The fourth-order valence-electron chi connectivity index (χ4n) is 1.73. The maximum Gasteiger partial charge on any atom is 0.338 e. The minimum Gasteiger partial charge on any atom is -0.457 e. The van der Waals surface area contributed by atoms with Gasteiger partial charge in [-0.15, -0.1) is 0 Å². The number of anilines is 1. The Balaban J connectivity index is 2.13. The van der Waals surface area contributed by atoms with E-state index in [4.69, 9.17) is 15.7 Å². The molecule has 2 rings (SSSR count). The molecule has 0 saturated carbocycles. The number of carbonyl (C=O) groups excluding carboxylic acids is 1. The number of hydrogen-bond donors (Lipinski definition) is 1. The first-order valence-electron chi connectivity index (χ1n) is 5.92. The number of nitrogens with two attached hydrogens (primary N) is 1. The Hall–Kier alpha value is -2.94. The lowest BCUT2D eigenvalue weighted by Crippen LogP contribution is -2.08. The molecule has 2 N–H and O–H groups in total. The number of hydrogen-bond acceptors (Lipinski definition) is 4. The molecular formula is C15H10F2N2O2. The van der Waals surface area contributed by atoms with Gasteiger partial charge < -0.3 is 10.5 Å². The molecule has 0 aliphatic rings. The average Bonchev–Trinajstić information content (AvgIpc) is 2.45. The number of ether oxygens (including phenoxy) is 1. The van der Waals surface area contributed by atoms with E-state index >= 15 is 0 Å². The van der Waals surface area contributed by atoms with Crippen LogP contribution in [0.5, 0.6) is 0 Å². The Morgan fingerprint density at radius 2 is 2.05 bits per heavy atom. The molecule has 2 aromatic rings. The molecule has 106 valence electrons. The number of esters is 1. The molecule has 0 saturated heterocycles. The molecule has 0 bridgehead atoms. The van der Waals surface area contributed by atoms with Crippen molar-refractivity contribution in [3.05, 3.63) is 64.7 Å². The fraction of sp³-hybridized carbons (Fsp3) is 0.0667. The van der Waals surface area contributed by atoms with Gasteiger partial charge in [0, 0.05) is 11.3 Å². The van der Waals surface area contributed by atoms with E-state index in [1.165, 1.54) is 24.3 Å². The smallest absolute Gasteiger partial charge is 0.338 e. The van der Waals surface area contributed by atoms with Crippen molar-refractivity contribution in [3.8, 4) is 6.07 Å². The molecule has 0 radical (unpaired) electrons. The van der Waals surface area contributed by atoms with Crippen molar-refractivity contribution in [1.82, 2.24) is 0 Å². The molecule has 0 aliphatic carbocycles. The van der Waals surface area contributed by atoms with Crippen LogP contribution >= 0.6 is 0 Å². The van der Waals surface area contributed by atoms with Crippen molar-refractivity contribution >= 4 is 11.7 Å². The third-order valence-electron chi connectivity index (χ3n) is 2.71. The number of benzene rings is 2. The SMILES string of the molecule is N#Cc1cccc(COC(=O)c2cc(N)cc(F)c2)c1F. The van der Waals surface area contributed by atoms with Gasteiger partial charge in [0.2, 0.25) is 0 Å². The predicted octanol–water partition coefficient (Wildman–Crippen LogP) is 2.78. The maximum absolute atomic E-state index is 13.8. The summed E-state index contributed by atoms with van der Waals surface area (Å²) in [5.74, 6) is -2.24. The lowest BCUT2D eigenvalue weighted by molar-refractivity contribution is 0.0468. The van der Waals surface area contributed by atoms with E-state index in [9.17, 15) is 13.6 Å². The van der Waals surface area contributed by atoms with Crippen molar-refractivity contribution in [2.75, 3.05) is 5.73 Å². The van der Waals surface area contributed by atoms with Crippen LogP contribution in [-0.4, -0.2) is 5.97 Å².